The molecule has 8 aliphatic heterocycles. The van der Waals surface area contributed by atoms with Gasteiger partial charge in [-0.25, -0.2) is 23.2 Å². The lowest BCUT2D eigenvalue weighted by Crippen LogP contribution is -3.00. The Morgan fingerprint density at radius 2 is 0.729 bits per heavy atom. The summed E-state index contributed by atoms with van der Waals surface area (Å²) >= 11 is 28.4. The summed E-state index contributed by atoms with van der Waals surface area (Å²) in [5.41, 5.74) is 4.40. The van der Waals surface area contributed by atoms with Crippen LogP contribution in [0.2, 0.25) is 5.02 Å². The first kappa shape index (κ1) is 113. The number of thioether (sulfide) groups is 7. The fourth-order valence-electron chi connectivity index (χ4n) is 15.9. The van der Waals surface area contributed by atoms with Gasteiger partial charge in [-0.05, 0) is 228 Å². The Morgan fingerprint density at radius 3 is 1.08 bits per heavy atom. The molecule has 0 spiro atoms. The smallest absolute Gasteiger partial charge is 0.385 e. The van der Waals surface area contributed by atoms with Crippen molar-refractivity contribution in [2.24, 2.45) is 48.2 Å². The number of allylic oxidation sites excluding steroid dienone is 2. The van der Waals surface area contributed by atoms with Crippen LogP contribution in [0.3, 0.4) is 0 Å². The van der Waals surface area contributed by atoms with E-state index in [-0.39, 0.29) is 95.5 Å². The van der Waals surface area contributed by atoms with E-state index < -0.39 is 0 Å². The van der Waals surface area contributed by atoms with Crippen molar-refractivity contribution < 1.29 is 101 Å². The number of carbonyl (C=O) groups excluding carboxylic acids is 4. The molecule has 0 bridgehead atoms. The van der Waals surface area contributed by atoms with Gasteiger partial charge >= 0.3 is 20.5 Å². The van der Waals surface area contributed by atoms with Crippen LogP contribution in [0, 0.1) is 0 Å². The first-order chi connectivity index (χ1) is 67.5. The molecule has 7 fully saturated rings. The SMILES string of the molecule is CCN1C(=O)/C(=c2/s/c(=C3/C=CC=CN3C)c(=O)n2CC)SC1=Nc1sc2cc(OC)ccc2[n+]1C.CCN1C(=O)/C(=c2/s/c(=C3/SCCN3C)c(=O)n2CC)SC1=Nc1sc2cc(OC)ccc2[n+]1C.CCN1C(=O)/C(=c2/s/c(=C3/SCCN3C)c(=O)n2CC)SC1=Nc1scc[n+]1C.CCn1c(=O)/c(=C2\SCCN2C)s/c1=C1\SC(=Nc2sc3cc(Cl)ccc3[n+]2C)N(c2ccc(OC)cc2)C1=O.[Cl-].[Cl-].[Cl-].[Cl-]. The van der Waals surface area contributed by atoms with Crippen LogP contribution in [0.4, 0.5) is 26.2 Å². The number of halogens is 5. The van der Waals surface area contributed by atoms with Crippen LogP contribution in [-0.4, -0.2) is 203 Å². The second-order valence-corrected chi connectivity index (χ2v) is 47.3. The zero-order valence-electron chi connectivity index (χ0n) is 81.1. The minimum atomic E-state index is -0.215. The average molecular weight is 2330 g/mol. The molecule has 51 heteroatoms. The third-order valence-electron chi connectivity index (χ3n) is 23.5. The molecule has 0 unspecified atom stereocenters. The molecule has 144 heavy (non-hydrogen) atoms. The number of anilines is 1. The molecule has 0 saturated carbocycles. The summed E-state index contributed by atoms with van der Waals surface area (Å²) in [6, 6.07) is 24.9. The van der Waals surface area contributed by atoms with E-state index in [1.165, 1.54) is 115 Å². The Balaban J connectivity index is 0.000000160. The minimum absolute atomic E-state index is 0. The van der Waals surface area contributed by atoms with Gasteiger partial charge < -0.3 is 83.4 Å². The van der Waals surface area contributed by atoms with Gasteiger partial charge in [0, 0.05) is 140 Å². The Labute approximate surface area is 919 Å². The monoisotopic (exact) mass is 2330 g/mol. The van der Waals surface area contributed by atoms with Crippen LogP contribution >= 0.6 is 185 Å². The summed E-state index contributed by atoms with van der Waals surface area (Å²) in [7, 11) is 20.7. The Kier molecular flexibility index (Phi) is 37.8. The third kappa shape index (κ3) is 21.8. The lowest BCUT2D eigenvalue weighted by molar-refractivity contribution is -0.653. The van der Waals surface area contributed by atoms with E-state index in [4.69, 9.17) is 45.8 Å². The number of thiazole rings is 8. The highest BCUT2D eigenvalue weighted by Crippen LogP contribution is 2.43. The van der Waals surface area contributed by atoms with Crippen molar-refractivity contribution >= 4 is 326 Å². The van der Waals surface area contributed by atoms with Crippen LogP contribution in [0.1, 0.15) is 48.5 Å². The molecule has 7 saturated heterocycles. The van der Waals surface area contributed by atoms with Crippen LogP contribution in [-0.2, 0) is 73.5 Å². The predicted molar refractivity (Wildman–Crippen MR) is 587 cm³/mol. The Bertz CT molecular complexity index is 8150. The van der Waals surface area contributed by atoms with E-state index in [1.807, 2.05) is 243 Å². The fourth-order valence-corrected chi connectivity index (χ4v) is 34.1. The van der Waals surface area contributed by atoms with Gasteiger partial charge in [0.1, 0.15) is 96.4 Å². The molecule has 8 aliphatic rings. The van der Waals surface area contributed by atoms with E-state index >= 15 is 0 Å². The molecule has 16 heterocycles. The zero-order valence-corrected chi connectivity index (χ0v) is 97.1. The number of amides is 4. The van der Waals surface area contributed by atoms with Crippen LogP contribution in [0.25, 0.3) is 71.1 Å². The second-order valence-electron chi connectivity index (χ2n) is 31.8. The zero-order chi connectivity index (χ0) is 99.2. The summed E-state index contributed by atoms with van der Waals surface area (Å²) < 4.78 is 39.5. The summed E-state index contributed by atoms with van der Waals surface area (Å²) in [5, 5.41) is 11.2. The van der Waals surface area contributed by atoms with Crippen molar-refractivity contribution in [3.05, 3.63) is 198 Å². The number of ether oxygens (including phenoxy) is 3. The van der Waals surface area contributed by atoms with Gasteiger partial charge in [0.2, 0.25) is 0 Å². The molecule has 0 atom stereocenters. The molecule has 4 amide bonds. The molecule has 12 aromatic rings. The van der Waals surface area contributed by atoms with E-state index in [1.54, 1.807) is 117 Å². The maximum absolute atomic E-state index is 14.1. The van der Waals surface area contributed by atoms with Gasteiger partial charge in [-0.1, -0.05) is 29.0 Å². The maximum Gasteiger partial charge on any atom is 0.385 e. The number of aryl methyl sites for hydroxylation is 4. The summed E-state index contributed by atoms with van der Waals surface area (Å²) in [4.78, 5) is 144. The summed E-state index contributed by atoms with van der Waals surface area (Å²) in [6.45, 7) is 19.8. The average Bonchev–Trinajstić information content (AvgIpc) is 1.61. The highest BCUT2D eigenvalue weighted by molar-refractivity contribution is 8.24. The molecular formula is C93H99Cl5N20O11S15. The lowest BCUT2D eigenvalue weighted by atomic mass is 10.2. The van der Waals surface area contributed by atoms with Crippen molar-refractivity contribution in [1.82, 2.24) is 52.6 Å². The standard InChI is InChI=1S/C27H25ClN5O3S4.C25H26N5O3S3.C23H26N5O3S4.C18H22N5O2S4.4ClH/c1-5-32-22(34)20(24-30(2)12-13-37-24)39-25(32)21-23(35)33(16-7-9-17(36-4)10-8-16)27(40-21)29-26-31(3)18-11-6-15(28)14-19(18)38-26;1-6-29-21(31)19(17-10-8-9-13-27(17)3)35-23(29)20-22(32)30(7-2)25(36-20)26-24-28(4)16-12-11-15(33-5)14-18(16)34-24;1-6-27-18(29)16(20-25(3)10-11-32-20)34-21(27)17-19(30)28(7-2)23(35-17)24-22-26(4)14-9-8-13(31-5)12-15(14)33-22;1-5-22-13(24)11(15-20(3)7-9-26-15)28-16(22)12-14(25)23(6-2)18(29-12)19-17-21(4)8-10-27-17;;;;/h6-11,14H,5,12-13H2,1-4H3;8-14H,6-7H2,1-5H3;8-9,12H,6-7,10-11H2,1-5H3;8,10H,5-7,9H2,1-4H3;4*1H/q4*+1;;;;/p-4/b24-20+,25-21-;19-17-,23-20-;20-16+,21-17-;15-11+,16-12-;;;;. The van der Waals surface area contributed by atoms with E-state index in [0.29, 0.717) is 130 Å². The molecule has 0 aliphatic carbocycles. The Morgan fingerprint density at radius 1 is 0.389 bits per heavy atom. The lowest BCUT2D eigenvalue weighted by Gasteiger charge is -2.16. The number of likely N-dealkylation sites (N-methyl/N-ethyl adjacent to an activating group) is 1. The predicted octanol–water partition coefficient (Wildman–Crippen LogP) is -2.48. The van der Waals surface area contributed by atoms with Crippen LogP contribution < -0.4 is 146 Å². The highest BCUT2D eigenvalue weighted by atomic mass is 35.5. The molecule has 762 valence electrons. The summed E-state index contributed by atoms with van der Waals surface area (Å²) in [6.07, 6.45) is 9.62. The number of rotatable bonds is 15. The number of benzene rings is 4. The van der Waals surface area contributed by atoms with Gasteiger partial charge in [-0.2, -0.15) is 0 Å². The molecule has 8 aromatic heterocycles. The van der Waals surface area contributed by atoms with E-state index in [9.17, 15) is 38.4 Å². The number of hydrogen-bond donors (Lipinski definition) is 0. The van der Waals surface area contributed by atoms with Gasteiger partial charge in [0.15, 0.2) is 0 Å². The number of amidine groups is 4. The van der Waals surface area contributed by atoms with Gasteiger partial charge in [0.25, 0.3) is 66.5 Å². The first-order valence-electron chi connectivity index (χ1n) is 44.5. The number of aromatic nitrogens is 8. The quantitative estimate of drug-likeness (QED) is 0.0962. The molecular weight excluding hydrogens is 2230 g/mol. The largest absolute Gasteiger partial charge is 1.00 e. The normalized spacial score (nSPS) is 20.0. The highest BCUT2D eigenvalue weighted by Gasteiger charge is 2.45. The van der Waals surface area contributed by atoms with Crippen molar-refractivity contribution in [3.63, 3.8) is 0 Å². The topological polar surface area (TPSA) is 275 Å². The van der Waals surface area contributed by atoms with E-state index in [0.717, 1.165) is 130 Å². The molecule has 4 aromatic carbocycles. The van der Waals surface area contributed by atoms with Crippen LogP contribution in [0.5, 0.6) is 17.2 Å². The van der Waals surface area contributed by atoms with Gasteiger partial charge in [-0.15, -0.1) is 80.6 Å². The number of aliphatic imine (C=N–C) groups is 4. The molecule has 20 rings (SSSR count). The van der Waals surface area contributed by atoms with Gasteiger partial charge in [0.05, 0.1) is 90.1 Å². The number of hydrogen-bond acceptors (Lipinski definition) is 34. The third-order valence-corrected chi connectivity index (χ3v) is 41.3. The number of nitrogens with zero attached hydrogens (tertiary/aromatic N) is 20. The van der Waals surface area contributed by atoms with Crippen molar-refractivity contribution in [3.8, 4) is 17.2 Å². The first-order valence-corrected chi connectivity index (χ1v) is 57.7. The summed E-state index contributed by atoms with van der Waals surface area (Å²) in [5.74, 6) is 4.64. The van der Waals surface area contributed by atoms with Crippen molar-refractivity contribution in [1.29, 1.82) is 0 Å². The minimum Gasteiger partial charge on any atom is -1.00 e. The molecule has 0 radical (unpaired) electrons. The molecule has 31 nitrogen and oxygen atoms in total. The van der Waals surface area contributed by atoms with Crippen molar-refractivity contribution in [2.45, 2.75) is 74.6 Å². The van der Waals surface area contributed by atoms with E-state index in [2.05, 4.69) is 14.7 Å². The second kappa shape index (κ2) is 48.4. The maximum atomic E-state index is 14.1. The van der Waals surface area contributed by atoms with Gasteiger partial charge in [-0.3, -0.25) is 71.3 Å². The number of fused-ring (bicyclic) bond motifs is 3. The number of methoxy groups -OCH3 is 3. The Hall–Kier alpha value is -8.60. The molecule has 0 N–H and O–H groups in total. The fraction of sp³-hybridized carbons (Fsp3) is 0.333. The number of carbonyl (C=O) groups is 4. The van der Waals surface area contributed by atoms with Crippen LogP contribution in [0.15, 0.2) is 154 Å². The van der Waals surface area contributed by atoms with Crippen molar-refractivity contribution in [2.75, 3.05) is 111 Å².